The molecule has 4 nitrogen and oxygen atoms in total. The van der Waals surface area contributed by atoms with Crippen molar-refractivity contribution in [1.82, 2.24) is 0 Å². The summed E-state index contributed by atoms with van der Waals surface area (Å²) in [6.07, 6.45) is 1.76. The minimum atomic E-state index is -3.65. The van der Waals surface area contributed by atoms with Crippen LogP contribution in [0, 0.1) is 0 Å². The van der Waals surface area contributed by atoms with E-state index in [1.54, 1.807) is 30.3 Å². The number of phosphoric ester groups is 1. The van der Waals surface area contributed by atoms with Gasteiger partial charge in [-0.15, -0.1) is 0 Å². The highest BCUT2D eigenvalue weighted by Gasteiger charge is 2.26. The molecule has 2 aromatic rings. The molecule has 22 heavy (non-hydrogen) atoms. The zero-order valence-corrected chi connectivity index (χ0v) is 13.9. The van der Waals surface area contributed by atoms with E-state index in [-0.39, 0.29) is 0 Å². The maximum absolute atomic E-state index is 12.3. The molecule has 0 amide bonds. The van der Waals surface area contributed by atoms with Gasteiger partial charge in [0.15, 0.2) is 0 Å². The highest BCUT2D eigenvalue weighted by Crippen LogP contribution is 2.51. The predicted molar refractivity (Wildman–Crippen MR) is 88.5 cm³/mol. The molecule has 0 aliphatic carbocycles. The quantitative estimate of drug-likeness (QED) is 0.409. The van der Waals surface area contributed by atoms with E-state index in [1.807, 2.05) is 30.3 Å². The molecular formula is C16H16ClO4P. The molecule has 0 radical (unpaired) electrons. The first-order valence-corrected chi connectivity index (χ1v) is 8.34. The van der Waals surface area contributed by atoms with Gasteiger partial charge in [0.25, 0.3) is 0 Å². The summed E-state index contributed by atoms with van der Waals surface area (Å²) in [5.41, 5.74) is 1.61. The monoisotopic (exact) mass is 338 g/mol. The van der Waals surface area contributed by atoms with Crippen LogP contribution in [0.4, 0.5) is 0 Å². The number of phosphoric acid groups is 1. The van der Waals surface area contributed by atoms with E-state index < -0.39 is 7.82 Å². The number of hydrogen-bond donors (Lipinski definition) is 0. The summed E-state index contributed by atoms with van der Waals surface area (Å²) in [4.78, 5) is 0. The average Bonchev–Trinajstić information content (AvgIpc) is 2.56. The van der Waals surface area contributed by atoms with Crippen molar-refractivity contribution in [1.29, 1.82) is 0 Å². The Morgan fingerprint density at radius 1 is 1.00 bits per heavy atom. The van der Waals surface area contributed by atoms with Crippen LogP contribution in [0.1, 0.15) is 11.1 Å². The van der Waals surface area contributed by atoms with Gasteiger partial charge < -0.3 is 4.52 Å². The molecular weight excluding hydrogens is 323 g/mol. The van der Waals surface area contributed by atoms with Crippen molar-refractivity contribution in [3.05, 3.63) is 70.7 Å². The molecule has 0 aromatic heterocycles. The normalized spacial score (nSPS) is 12.2. The Balaban J connectivity index is 2.43. The Kier molecular flexibility index (Phi) is 5.81. The fourth-order valence-electron chi connectivity index (χ4n) is 1.75. The molecule has 0 aliphatic rings. The molecule has 0 spiro atoms. The van der Waals surface area contributed by atoms with Gasteiger partial charge in [0.05, 0.1) is 0 Å². The third kappa shape index (κ3) is 4.46. The molecule has 0 unspecified atom stereocenters. The Morgan fingerprint density at radius 2 is 1.59 bits per heavy atom. The second-order valence-corrected chi connectivity index (χ2v) is 6.57. The van der Waals surface area contributed by atoms with Crippen molar-refractivity contribution in [2.45, 2.75) is 0 Å². The van der Waals surface area contributed by atoms with E-state index in [9.17, 15) is 4.57 Å². The fraction of sp³-hybridized carbons (Fsp3) is 0.125. The largest absolute Gasteiger partial charge is 0.529 e. The summed E-state index contributed by atoms with van der Waals surface area (Å²) in [5.74, 6) is 0.370. The van der Waals surface area contributed by atoms with Crippen LogP contribution in [-0.4, -0.2) is 14.2 Å². The topological polar surface area (TPSA) is 44.8 Å². The van der Waals surface area contributed by atoms with Crippen molar-refractivity contribution < 1.29 is 18.1 Å². The van der Waals surface area contributed by atoms with E-state index >= 15 is 0 Å². The van der Waals surface area contributed by atoms with Gasteiger partial charge in [-0.25, -0.2) is 4.57 Å². The van der Waals surface area contributed by atoms with Crippen molar-refractivity contribution in [3.63, 3.8) is 0 Å². The van der Waals surface area contributed by atoms with Crippen molar-refractivity contribution in [3.8, 4) is 0 Å². The van der Waals surface area contributed by atoms with Crippen LogP contribution in [-0.2, 0) is 18.1 Å². The molecule has 0 atom stereocenters. The Morgan fingerprint density at radius 3 is 2.14 bits per heavy atom. The number of benzene rings is 2. The minimum absolute atomic E-state index is 0.370. The average molecular weight is 339 g/mol. The molecule has 6 heteroatoms. The first-order chi connectivity index (χ1) is 10.6. The first kappa shape index (κ1) is 16.8. The molecule has 116 valence electrons. The lowest BCUT2D eigenvalue weighted by Crippen LogP contribution is -1.96. The molecule has 2 rings (SSSR count). The van der Waals surface area contributed by atoms with Gasteiger partial charge in [-0.2, -0.15) is 0 Å². The second-order valence-electron chi connectivity index (χ2n) is 4.33. The van der Waals surface area contributed by atoms with Gasteiger partial charge >= 0.3 is 7.82 Å². The van der Waals surface area contributed by atoms with Crippen molar-refractivity contribution in [2.24, 2.45) is 0 Å². The summed E-state index contributed by atoms with van der Waals surface area (Å²) >= 11 is 5.90. The Labute approximate surface area is 134 Å². The SMILES string of the molecule is COP(=O)(OC)OC(=Cc1ccccc1)c1ccc(Cl)cc1. The number of halogens is 1. The lowest BCUT2D eigenvalue weighted by molar-refractivity contribution is 0.201. The highest BCUT2D eigenvalue weighted by molar-refractivity contribution is 7.48. The van der Waals surface area contributed by atoms with Gasteiger partial charge in [-0.3, -0.25) is 9.05 Å². The fourth-order valence-corrected chi connectivity index (χ4v) is 2.57. The van der Waals surface area contributed by atoms with Gasteiger partial charge in [-0.1, -0.05) is 41.9 Å². The Bertz CT molecular complexity index is 675. The molecule has 0 N–H and O–H groups in total. The lowest BCUT2D eigenvalue weighted by atomic mass is 10.1. The molecule has 0 saturated heterocycles. The van der Waals surface area contributed by atoms with E-state index in [0.717, 1.165) is 5.56 Å². The second kappa shape index (κ2) is 7.61. The van der Waals surface area contributed by atoms with E-state index in [2.05, 4.69) is 0 Å². The van der Waals surface area contributed by atoms with Crippen LogP contribution in [0.2, 0.25) is 5.02 Å². The standard InChI is InChI=1S/C16H16ClO4P/c1-19-22(18,20-2)21-16(12-13-6-4-3-5-7-13)14-8-10-15(17)11-9-14/h3-12H,1-2H3. The van der Waals surface area contributed by atoms with Crippen LogP contribution >= 0.6 is 19.4 Å². The third-order valence-electron chi connectivity index (χ3n) is 2.88. The van der Waals surface area contributed by atoms with Gasteiger partial charge in [0, 0.05) is 24.8 Å². The molecule has 2 aromatic carbocycles. The Hall–Kier alpha value is -1.58. The summed E-state index contributed by atoms with van der Waals surface area (Å²) in [5, 5.41) is 0.601. The highest BCUT2D eigenvalue weighted by atomic mass is 35.5. The molecule has 0 bridgehead atoms. The van der Waals surface area contributed by atoms with Gasteiger partial charge in [0.2, 0.25) is 0 Å². The van der Waals surface area contributed by atoms with Crippen molar-refractivity contribution >= 4 is 31.3 Å². The van der Waals surface area contributed by atoms with Crippen LogP contribution < -0.4 is 0 Å². The number of rotatable bonds is 6. The molecule has 0 heterocycles. The van der Waals surface area contributed by atoms with E-state index in [4.69, 9.17) is 25.2 Å². The predicted octanol–water partition coefficient (Wildman–Crippen LogP) is 5.26. The maximum atomic E-state index is 12.3. The summed E-state index contributed by atoms with van der Waals surface area (Å²) in [6, 6.07) is 16.5. The van der Waals surface area contributed by atoms with Crippen LogP contribution in [0.3, 0.4) is 0 Å². The first-order valence-electron chi connectivity index (χ1n) is 6.50. The van der Waals surface area contributed by atoms with Crippen LogP contribution in [0.25, 0.3) is 11.8 Å². The van der Waals surface area contributed by atoms with E-state index in [0.29, 0.717) is 16.3 Å². The zero-order chi connectivity index (χ0) is 16.0. The van der Waals surface area contributed by atoms with Crippen molar-refractivity contribution in [2.75, 3.05) is 14.2 Å². The van der Waals surface area contributed by atoms with Gasteiger partial charge in [0.1, 0.15) is 5.76 Å². The van der Waals surface area contributed by atoms with Gasteiger partial charge in [-0.05, 0) is 35.9 Å². The van der Waals surface area contributed by atoms with Crippen LogP contribution in [0.15, 0.2) is 54.6 Å². The zero-order valence-electron chi connectivity index (χ0n) is 12.2. The maximum Gasteiger partial charge on any atom is 0.529 e. The number of hydrogen-bond acceptors (Lipinski definition) is 4. The van der Waals surface area contributed by atoms with E-state index in [1.165, 1.54) is 14.2 Å². The molecule has 0 saturated carbocycles. The lowest BCUT2D eigenvalue weighted by Gasteiger charge is -2.17. The van der Waals surface area contributed by atoms with Crippen LogP contribution in [0.5, 0.6) is 0 Å². The summed E-state index contributed by atoms with van der Waals surface area (Å²) < 4.78 is 27.4. The molecule has 0 aliphatic heterocycles. The summed E-state index contributed by atoms with van der Waals surface area (Å²) in [7, 11) is -1.11. The molecule has 0 fully saturated rings. The third-order valence-corrected chi connectivity index (χ3v) is 4.45. The smallest absolute Gasteiger partial charge is 0.403 e. The summed E-state index contributed by atoms with van der Waals surface area (Å²) in [6.45, 7) is 0. The minimum Gasteiger partial charge on any atom is -0.403 e.